The molecule has 2 nitrogen and oxygen atoms in total. The zero-order valence-corrected chi connectivity index (χ0v) is 30.2. The number of nitrogens with zero attached hydrogens (tertiary/aromatic N) is 2. The number of hydrogen-bond acceptors (Lipinski definition) is 0. The monoisotopic (exact) mass is 619 g/mol. The lowest BCUT2D eigenvalue weighted by Gasteiger charge is -2.14. The molecule has 0 aliphatic rings. The van der Waals surface area contributed by atoms with Crippen molar-refractivity contribution < 1.29 is 17.0 Å². The Hall–Kier alpha value is -1.02. The first-order valence-electron chi connectivity index (χ1n) is 19.1. The summed E-state index contributed by atoms with van der Waals surface area (Å²) in [6.07, 6.45) is 56.7. The van der Waals surface area contributed by atoms with Crippen LogP contribution in [0.15, 0.2) is 43.0 Å². The average molecular weight is 620 g/mol. The number of rotatable bonds is 32. The van der Waals surface area contributed by atoms with E-state index in [1.807, 2.05) is 0 Å². The van der Waals surface area contributed by atoms with Crippen molar-refractivity contribution in [1.82, 2.24) is 4.57 Å². The van der Waals surface area contributed by atoms with Gasteiger partial charge in [-0.3, -0.25) is 0 Å². The van der Waals surface area contributed by atoms with Gasteiger partial charge in [0.2, 0.25) is 6.33 Å². The van der Waals surface area contributed by atoms with Crippen molar-refractivity contribution in [2.75, 3.05) is 0 Å². The van der Waals surface area contributed by atoms with Gasteiger partial charge >= 0.3 is 0 Å². The number of aryl methyl sites for hydroxylation is 1. The summed E-state index contributed by atoms with van der Waals surface area (Å²) in [5.74, 6) is 0. The largest absolute Gasteiger partial charge is 1.00 e. The third-order valence-electron chi connectivity index (χ3n) is 9.06. The van der Waals surface area contributed by atoms with Crippen LogP contribution in [0.1, 0.15) is 206 Å². The number of allylic oxidation sites excluding steroid dienone is 4. The van der Waals surface area contributed by atoms with Crippen LogP contribution in [0.3, 0.4) is 0 Å². The lowest BCUT2D eigenvalue weighted by Crippen LogP contribution is -3.00. The Balaban J connectivity index is 0.0000176. The Bertz CT molecular complexity index is 722. The number of unbranched alkanes of at least 4 members (excludes halogenated alkanes) is 23. The highest BCUT2D eigenvalue weighted by molar-refractivity contribution is 4.82. The van der Waals surface area contributed by atoms with Gasteiger partial charge in [0.1, 0.15) is 18.4 Å². The van der Waals surface area contributed by atoms with Crippen molar-refractivity contribution in [2.45, 2.75) is 206 Å². The molecule has 0 aromatic carbocycles. The quantitative estimate of drug-likeness (QED) is 0.0431. The number of aromatic nitrogens is 2. The van der Waals surface area contributed by atoms with Gasteiger partial charge in [0.25, 0.3) is 0 Å². The maximum atomic E-state index is 2.49. The lowest BCUT2D eigenvalue weighted by atomic mass is 9.99. The van der Waals surface area contributed by atoms with Gasteiger partial charge in [-0.25, -0.2) is 9.13 Å². The lowest BCUT2D eigenvalue weighted by molar-refractivity contribution is -0.671. The van der Waals surface area contributed by atoms with E-state index in [0.29, 0.717) is 6.04 Å². The summed E-state index contributed by atoms with van der Waals surface area (Å²) < 4.78 is 4.70. The van der Waals surface area contributed by atoms with Crippen molar-refractivity contribution in [3.05, 3.63) is 43.0 Å². The molecule has 1 rings (SSSR count). The molecule has 0 aliphatic carbocycles. The molecule has 0 bridgehead atoms. The molecule has 43 heavy (non-hydrogen) atoms. The first-order valence-corrected chi connectivity index (χ1v) is 19.1. The van der Waals surface area contributed by atoms with Crippen LogP contribution >= 0.6 is 0 Å². The summed E-state index contributed by atoms with van der Waals surface area (Å²) in [7, 11) is 2.15. The van der Waals surface area contributed by atoms with E-state index in [1.165, 1.54) is 186 Å². The fourth-order valence-electron chi connectivity index (χ4n) is 6.21. The summed E-state index contributed by atoms with van der Waals surface area (Å²) in [5, 5.41) is 0. The second kappa shape index (κ2) is 33.9. The summed E-state index contributed by atoms with van der Waals surface area (Å²) in [6.45, 7) is 4.59. The maximum absolute atomic E-state index is 2.49. The highest BCUT2D eigenvalue weighted by atomic mass is 35.5. The van der Waals surface area contributed by atoms with Crippen molar-refractivity contribution in [2.24, 2.45) is 7.05 Å². The molecule has 1 unspecified atom stereocenters. The molecule has 0 N–H and O–H groups in total. The van der Waals surface area contributed by atoms with Crippen LogP contribution in [0.25, 0.3) is 0 Å². The standard InChI is InChI=1S/C40H75N2.ClH/c1-4-6-8-10-12-14-16-18-20-22-24-26-28-30-32-34-36-40(42-38-37-41(3)39-42)35-33-31-29-27-25-23-21-19-17-15-13-11-9-7-5-2;/h17-20,37-40H,4-16,21-36H2,1-3H3;1H/q+1;/p-1/b19-17-,20-18-;. The number of imidazole rings is 1. The molecule has 0 spiro atoms. The predicted molar refractivity (Wildman–Crippen MR) is 188 cm³/mol. The minimum absolute atomic E-state index is 0. The fraction of sp³-hybridized carbons (Fsp3) is 0.825. The molecule has 1 heterocycles. The van der Waals surface area contributed by atoms with E-state index in [2.05, 4.69) is 73.1 Å². The summed E-state index contributed by atoms with van der Waals surface area (Å²) in [5.41, 5.74) is 0. The summed E-state index contributed by atoms with van der Waals surface area (Å²) >= 11 is 0. The van der Waals surface area contributed by atoms with E-state index < -0.39 is 0 Å². The Morgan fingerprint density at radius 2 is 0.814 bits per heavy atom. The van der Waals surface area contributed by atoms with E-state index in [0.717, 1.165) is 0 Å². The maximum Gasteiger partial charge on any atom is 0.243 e. The Labute approximate surface area is 277 Å². The SMILES string of the molecule is CCCCCCC/C=C\CCCCCCCCC(CCCCCCCC/C=C\CCCCCCCC)n1cc[n+](C)c1.[Cl-]. The molecule has 0 radical (unpaired) electrons. The smallest absolute Gasteiger partial charge is 0.243 e. The van der Waals surface area contributed by atoms with Gasteiger partial charge in [-0.15, -0.1) is 0 Å². The van der Waals surface area contributed by atoms with Crippen LogP contribution in [0.4, 0.5) is 0 Å². The molecule has 0 saturated heterocycles. The van der Waals surface area contributed by atoms with Gasteiger partial charge in [0, 0.05) is 0 Å². The second-order valence-electron chi connectivity index (χ2n) is 13.3. The fourth-order valence-corrected chi connectivity index (χ4v) is 6.21. The minimum Gasteiger partial charge on any atom is -1.00 e. The first kappa shape index (κ1) is 42.0. The molecule has 1 atom stereocenters. The summed E-state index contributed by atoms with van der Waals surface area (Å²) in [6, 6.07) is 0.690. The molecular weight excluding hydrogens is 544 g/mol. The Kier molecular flexibility index (Phi) is 33.1. The zero-order chi connectivity index (χ0) is 30.2. The molecule has 252 valence electrons. The van der Waals surface area contributed by atoms with E-state index in [1.54, 1.807) is 0 Å². The van der Waals surface area contributed by atoms with Crippen molar-refractivity contribution in [3.8, 4) is 0 Å². The van der Waals surface area contributed by atoms with Crippen LogP contribution in [0.2, 0.25) is 0 Å². The molecule has 0 aliphatic heterocycles. The third kappa shape index (κ3) is 28.2. The third-order valence-corrected chi connectivity index (χ3v) is 9.06. The van der Waals surface area contributed by atoms with Crippen LogP contribution in [0.5, 0.6) is 0 Å². The van der Waals surface area contributed by atoms with E-state index in [-0.39, 0.29) is 12.4 Å². The van der Waals surface area contributed by atoms with Gasteiger partial charge < -0.3 is 12.4 Å². The zero-order valence-electron chi connectivity index (χ0n) is 29.4. The van der Waals surface area contributed by atoms with Crippen LogP contribution in [-0.2, 0) is 7.05 Å². The molecule has 1 aromatic rings. The molecular formula is C40H75ClN2. The van der Waals surface area contributed by atoms with Crippen LogP contribution in [-0.4, -0.2) is 4.57 Å². The molecule has 1 aromatic heterocycles. The average Bonchev–Trinajstić information content (AvgIpc) is 3.43. The molecule has 0 amide bonds. The summed E-state index contributed by atoms with van der Waals surface area (Å²) in [4.78, 5) is 0. The predicted octanol–water partition coefficient (Wildman–Crippen LogP) is 10.3. The van der Waals surface area contributed by atoms with E-state index in [4.69, 9.17) is 0 Å². The Morgan fingerprint density at radius 3 is 1.14 bits per heavy atom. The van der Waals surface area contributed by atoms with Gasteiger partial charge in [0.15, 0.2) is 0 Å². The van der Waals surface area contributed by atoms with Gasteiger partial charge in [-0.2, -0.15) is 0 Å². The topological polar surface area (TPSA) is 8.81 Å². The Morgan fingerprint density at radius 1 is 0.488 bits per heavy atom. The molecule has 0 fully saturated rings. The van der Waals surface area contributed by atoms with Crippen LogP contribution < -0.4 is 17.0 Å². The van der Waals surface area contributed by atoms with Gasteiger partial charge in [0.05, 0.1) is 7.05 Å². The molecule has 0 saturated carbocycles. The van der Waals surface area contributed by atoms with Crippen LogP contribution in [0, 0.1) is 0 Å². The van der Waals surface area contributed by atoms with E-state index in [9.17, 15) is 0 Å². The highest BCUT2D eigenvalue weighted by Gasteiger charge is 2.15. The van der Waals surface area contributed by atoms with Gasteiger partial charge in [-0.1, -0.05) is 147 Å². The number of halogens is 1. The highest BCUT2D eigenvalue weighted by Crippen LogP contribution is 2.23. The van der Waals surface area contributed by atoms with Gasteiger partial charge in [-0.05, 0) is 77.0 Å². The van der Waals surface area contributed by atoms with Crippen molar-refractivity contribution in [3.63, 3.8) is 0 Å². The minimum atomic E-state index is 0. The van der Waals surface area contributed by atoms with Crippen molar-refractivity contribution in [1.29, 1.82) is 0 Å². The molecule has 3 heteroatoms. The van der Waals surface area contributed by atoms with Crippen molar-refractivity contribution >= 4 is 0 Å². The normalized spacial score (nSPS) is 12.4. The van der Waals surface area contributed by atoms with E-state index >= 15 is 0 Å². The second-order valence-corrected chi connectivity index (χ2v) is 13.3. The first-order chi connectivity index (χ1) is 20.8. The number of hydrogen-bond donors (Lipinski definition) is 0.